The third kappa shape index (κ3) is 5.22. The predicted octanol–water partition coefficient (Wildman–Crippen LogP) is 2.19. The SMILES string of the molecule is COC(C)(C)CCOc1ccc(C#CCN)cc1. The van der Waals surface area contributed by atoms with Crippen molar-refractivity contribution in [2.75, 3.05) is 20.3 Å². The second kappa shape index (κ2) is 7.05. The number of ether oxygens (including phenoxy) is 2. The minimum Gasteiger partial charge on any atom is -0.493 e. The Balaban J connectivity index is 2.44. The van der Waals surface area contributed by atoms with Crippen LogP contribution in [0.25, 0.3) is 0 Å². The van der Waals surface area contributed by atoms with Gasteiger partial charge in [-0.3, -0.25) is 0 Å². The lowest BCUT2D eigenvalue weighted by atomic mass is 10.1. The molecule has 1 aromatic carbocycles. The molecule has 0 fully saturated rings. The maximum absolute atomic E-state index is 5.65. The van der Waals surface area contributed by atoms with Crippen LogP contribution in [0.15, 0.2) is 24.3 Å². The first-order valence-corrected chi connectivity index (χ1v) is 6.04. The van der Waals surface area contributed by atoms with Gasteiger partial charge in [0.1, 0.15) is 5.75 Å². The molecule has 0 radical (unpaired) electrons. The lowest BCUT2D eigenvalue weighted by Crippen LogP contribution is -2.25. The highest BCUT2D eigenvalue weighted by molar-refractivity contribution is 5.38. The highest BCUT2D eigenvalue weighted by Crippen LogP contribution is 2.16. The lowest BCUT2D eigenvalue weighted by molar-refractivity contribution is 0.00546. The number of methoxy groups -OCH3 is 1. The Kier molecular flexibility index (Phi) is 5.70. The van der Waals surface area contributed by atoms with E-state index in [0.29, 0.717) is 13.2 Å². The molecule has 0 bridgehead atoms. The third-order valence-corrected chi connectivity index (χ3v) is 2.71. The molecule has 98 valence electrons. The summed E-state index contributed by atoms with van der Waals surface area (Å²) >= 11 is 0. The van der Waals surface area contributed by atoms with Gasteiger partial charge in [0.05, 0.1) is 18.8 Å². The lowest BCUT2D eigenvalue weighted by Gasteiger charge is -2.22. The molecule has 0 spiro atoms. The van der Waals surface area contributed by atoms with Gasteiger partial charge in [-0.25, -0.2) is 0 Å². The second-order valence-electron chi connectivity index (χ2n) is 4.59. The monoisotopic (exact) mass is 247 g/mol. The summed E-state index contributed by atoms with van der Waals surface area (Å²) in [7, 11) is 1.71. The number of hydrogen-bond acceptors (Lipinski definition) is 3. The highest BCUT2D eigenvalue weighted by atomic mass is 16.5. The topological polar surface area (TPSA) is 44.5 Å². The summed E-state index contributed by atoms with van der Waals surface area (Å²) in [5.74, 6) is 6.63. The normalized spacial score (nSPS) is 10.7. The zero-order valence-electron chi connectivity index (χ0n) is 11.3. The first-order chi connectivity index (χ1) is 8.57. The minimum absolute atomic E-state index is 0.146. The van der Waals surface area contributed by atoms with Crippen LogP contribution in [0.2, 0.25) is 0 Å². The zero-order chi connectivity index (χ0) is 13.4. The molecule has 0 amide bonds. The first kappa shape index (κ1) is 14.6. The molecule has 3 nitrogen and oxygen atoms in total. The molecule has 0 atom stereocenters. The fraction of sp³-hybridized carbons (Fsp3) is 0.467. The predicted molar refractivity (Wildman–Crippen MR) is 73.6 cm³/mol. The van der Waals surface area contributed by atoms with Gasteiger partial charge in [-0.2, -0.15) is 0 Å². The molecule has 0 heterocycles. The van der Waals surface area contributed by atoms with Crippen molar-refractivity contribution < 1.29 is 9.47 Å². The van der Waals surface area contributed by atoms with Crippen LogP contribution in [0, 0.1) is 11.8 Å². The molecule has 0 saturated heterocycles. The van der Waals surface area contributed by atoms with Crippen LogP contribution >= 0.6 is 0 Å². The van der Waals surface area contributed by atoms with Crippen molar-refractivity contribution in [3.63, 3.8) is 0 Å². The fourth-order valence-corrected chi connectivity index (χ4v) is 1.30. The van der Waals surface area contributed by atoms with Crippen LogP contribution in [0.1, 0.15) is 25.8 Å². The maximum atomic E-state index is 5.65. The van der Waals surface area contributed by atoms with E-state index in [1.54, 1.807) is 7.11 Å². The molecule has 18 heavy (non-hydrogen) atoms. The molecule has 0 unspecified atom stereocenters. The largest absolute Gasteiger partial charge is 0.493 e. The average molecular weight is 247 g/mol. The summed E-state index contributed by atoms with van der Waals surface area (Å²) < 4.78 is 11.0. The van der Waals surface area contributed by atoms with Crippen LogP contribution < -0.4 is 10.5 Å². The van der Waals surface area contributed by atoms with Gasteiger partial charge in [-0.05, 0) is 38.1 Å². The summed E-state index contributed by atoms with van der Waals surface area (Å²) in [4.78, 5) is 0. The second-order valence-corrected chi connectivity index (χ2v) is 4.59. The van der Waals surface area contributed by atoms with Crippen LogP contribution in [0.4, 0.5) is 0 Å². The number of hydrogen-bond donors (Lipinski definition) is 1. The quantitative estimate of drug-likeness (QED) is 0.811. The number of rotatable bonds is 5. The van der Waals surface area contributed by atoms with Gasteiger partial charge in [0, 0.05) is 19.1 Å². The number of benzene rings is 1. The van der Waals surface area contributed by atoms with Gasteiger partial charge >= 0.3 is 0 Å². The third-order valence-electron chi connectivity index (χ3n) is 2.71. The Labute approximate surface area is 109 Å². The molecule has 0 aliphatic carbocycles. The van der Waals surface area contributed by atoms with Gasteiger partial charge in [-0.1, -0.05) is 11.8 Å². The zero-order valence-corrected chi connectivity index (χ0v) is 11.3. The van der Waals surface area contributed by atoms with Gasteiger partial charge in [0.15, 0.2) is 0 Å². The van der Waals surface area contributed by atoms with E-state index in [0.717, 1.165) is 17.7 Å². The van der Waals surface area contributed by atoms with Crippen molar-refractivity contribution in [1.29, 1.82) is 0 Å². The molecular formula is C15H21NO2. The van der Waals surface area contributed by atoms with E-state index < -0.39 is 0 Å². The number of nitrogens with two attached hydrogens (primary N) is 1. The first-order valence-electron chi connectivity index (χ1n) is 6.04. The molecule has 1 rings (SSSR count). The van der Waals surface area contributed by atoms with E-state index in [-0.39, 0.29) is 5.60 Å². The Bertz CT molecular complexity index is 412. The van der Waals surface area contributed by atoms with E-state index in [1.165, 1.54) is 0 Å². The van der Waals surface area contributed by atoms with Crippen LogP contribution in [0.3, 0.4) is 0 Å². The van der Waals surface area contributed by atoms with E-state index >= 15 is 0 Å². The molecule has 1 aromatic rings. The van der Waals surface area contributed by atoms with Gasteiger partial charge in [0.2, 0.25) is 0 Å². The summed E-state index contributed by atoms with van der Waals surface area (Å²) in [5, 5.41) is 0. The van der Waals surface area contributed by atoms with Crippen molar-refractivity contribution in [1.82, 2.24) is 0 Å². The molecule has 3 heteroatoms. The molecule has 0 saturated carbocycles. The minimum atomic E-state index is -0.146. The highest BCUT2D eigenvalue weighted by Gasteiger charge is 2.15. The van der Waals surface area contributed by atoms with E-state index in [9.17, 15) is 0 Å². The van der Waals surface area contributed by atoms with E-state index in [2.05, 4.69) is 11.8 Å². The Morgan fingerprint density at radius 2 is 1.89 bits per heavy atom. The van der Waals surface area contributed by atoms with Crippen molar-refractivity contribution >= 4 is 0 Å². The van der Waals surface area contributed by atoms with Crippen molar-refractivity contribution in [2.45, 2.75) is 25.9 Å². The van der Waals surface area contributed by atoms with Gasteiger partial charge < -0.3 is 15.2 Å². The van der Waals surface area contributed by atoms with Crippen LogP contribution in [-0.4, -0.2) is 25.9 Å². The van der Waals surface area contributed by atoms with Crippen molar-refractivity contribution in [2.24, 2.45) is 5.73 Å². The molecule has 0 aliphatic rings. The molecule has 0 aromatic heterocycles. The molecule has 0 aliphatic heterocycles. The average Bonchev–Trinajstić information content (AvgIpc) is 2.38. The summed E-state index contributed by atoms with van der Waals surface area (Å²) in [5.41, 5.74) is 6.12. The summed E-state index contributed by atoms with van der Waals surface area (Å²) in [6.45, 7) is 5.10. The van der Waals surface area contributed by atoms with Gasteiger partial charge in [0.25, 0.3) is 0 Å². The Morgan fingerprint density at radius 1 is 1.22 bits per heavy atom. The smallest absolute Gasteiger partial charge is 0.119 e. The van der Waals surface area contributed by atoms with Crippen molar-refractivity contribution in [3.05, 3.63) is 29.8 Å². The van der Waals surface area contributed by atoms with Crippen LogP contribution in [-0.2, 0) is 4.74 Å². The van der Waals surface area contributed by atoms with E-state index in [1.807, 2.05) is 38.1 Å². The Hall–Kier alpha value is -1.50. The van der Waals surface area contributed by atoms with Crippen molar-refractivity contribution in [3.8, 4) is 17.6 Å². The summed E-state index contributed by atoms with van der Waals surface area (Å²) in [6, 6.07) is 7.69. The molecule has 2 N–H and O–H groups in total. The standard InChI is InChI=1S/C15H21NO2/c1-15(2,17-3)10-12-18-14-8-6-13(7-9-14)5-4-11-16/h6-9H,10-12,16H2,1-3H3. The maximum Gasteiger partial charge on any atom is 0.119 e. The van der Waals surface area contributed by atoms with Crippen LogP contribution in [0.5, 0.6) is 5.75 Å². The van der Waals surface area contributed by atoms with E-state index in [4.69, 9.17) is 15.2 Å². The summed E-state index contributed by atoms with van der Waals surface area (Å²) in [6.07, 6.45) is 0.845. The Morgan fingerprint density at radius 3 is 2.44 bits per heavy atom. The molecular weight excluding hydrogens is 226 g/mol. The fourth-order valence-electron chi connectivity index (χ4n) is 1.30. The van der Waals surface area contributed by atoms with Gasteiger partial charge in [-0.15, -0.1) is 0 Å².